The van der Waals surface area contributed by atoms with Crippen molar-refractivity contribution in [3.05, 3.63) is 34.1 Å². The first kappa shape index (κ1) is 14.0. The fourth-order valence-corrected chi connectivity index (χ4v) is 3.74. The molecule has 0 unspecified atom stereocenters. The first-order chi connectivity index (χ1) is 8.49. The summed E-state index contributed by atoms with van der Waals surface area (Å²) in [7, 11) is 1.72. The van der Waals surface area contributed by atoms with E-state index in [0.717, 1.165) is 12.8 Å². The molecule has 1 aromatic carbocycles. The van der Waals surface area contributed by atoms with Crippen molar-refractivity contribution in [1.82, 2.24) is 4.90 Å². The van der Waals surface area contributed by atoms with Gasteiger partial charge in [0, 0.05) is 22.9 Å². The van der Waals surface area contributed by atoms with Crippen LogP contribution in [-0.4, -0.2) is 29.2 Å². The van der Waals surface area contributed by atoms with Crippen molar-refractivity contribution in [2.75, 3.05) is 13.6 Å². The minimum Gasteiger partial charge on any atom is -0.341 e. The molecule has 0 N–H and O–H groups in total. The zero-order chi connectivity index (χ0) is 13.3. The minimum absolute atomic E-state index is 0.120. The van der Waals surface area contributed by atoms with E-state index in [0.29, 0.717) is 21.8 Å². The van der Waals surface area contributed by atoms with Gasteiger partial charge >= 0.3 is 0 Å². The van der Waals surface area contributed by atoms with Crippen molar-refractivity contribution in [3.8, 4) is 0 Å². The zero-order valence-corrected chi connectivity index (χ0v) is 13.2. The fourth-order valence-electron chi connectivity index (χ4n) is 2.17. The molecule has 0 heterocycles. The SMILES string of the molecule is CN(CC1CC(Br)C1)C(=O)c1c(F)cccc1Br. The molecule has 0 aromatic heterocycles. The second-order valence-electron chi connectivity index (χ2n) is 4.72. The highest BCUT2D eigenvalue weighted by Gasteiger charge is 2.29. The van der Waals surface area contributed by atoms with Crippen LogP contribution in [0.3, 0.4) is 0 Å². The summed E-state index contributed by atoms with van der Waals surface area (Å²) in [6, 6.07) is 4.57. The molecule has 0 radical (unpaired) electrons. The van der Waals surface area contributed by atoms with Crippen LogP contribution >= 0.6 is 31.9 Å². The first-order valence-corrected chi connectivity index (χ1v) is 7.53. The van der Waals surface area contributed by atoms with E-state index in [1.165, 1.54) is 6.07 Å². The van der Waals surface area contributed by atoms with E-state index in [9.17, 15) is 9.18 Å². The number of rotatable bonds is 3. The molecule has 0 aliphatic heterocycles. The number of amides is 1. The van der Waals surface area contributed by atoms with Crippen LogP contribution in [0.15, 0.2) is 22.7 Å². The normalized spacial score (nSPS) is 22.4. The van der Waals surface area contributed by atoms with Crippen molar-refractivity contribution in [1.29, 1.82) is 0 Å². The Labute approximate surface area is 123 Å². The molecule has 1 saturated carbocycles. The van der Waals surface area contributed by atoms with E-state index in [4.69, 9.17) is 0 Å². The van der Waals surface area contributed by atoms with Crippen LogP contribution < -0.4 is 0 Å². The Balaban J connectivity index is 2.06. The predicted molar refractivity (Wildman–Crippen MR) is 76.5 cm³/mol. The molecule has 0 atom stereocenters. The van der Waals surface area contributed by atoms with Crippen LogP contribution in [0, 0.1) is 11.7 Å². The second-order valence-corrected chi connectivity index (χ2v) is 6.87. The minimum atomic E-state index is -0.479. The van der Waals surface area contributed by atoms with Crippen LogP contribution in [0.25, 0.3) is 0 Å². The largest absolute Gasteiger partial charge is 0.341 e. The molecule has 2 nitrogen and oxygen atoms in total. The zero-order valence-electron chi connectivity index (χ0n) is 10.00. The molecular weight excluding hydrogens is 365 g/mol. The maximum Gasteiger partial charge on any atom is 0.257 e. The van der Waals surface area contributed by atoms with Gasteiger partial charge in [0.05, 0.1) is 5.56 Å². The van der Waals surface area contributed by atoms with E-state index in [-0.39, 0.29) is 11.5 Å². The second kappa shape index (κ2) is 5.70. The smallest absolute Gasteiger partial charge is 0.257 e. The number of halogens is 3. The third-order valence-electron chi connectivity index (χ3n) is 3.23. The van der Waals surface area contributed by atoms with Gasteiger partial charge in [-0.15, -0.1) is 0 Å². The molecule has 1 aliphatic rings. The summed E-state index contributed by atoms with van der Waals surface area (Å²) in [6.45, 7) is 0.682. The maximum absolute atomic E-state index is 13.7. The number of benzene rings is 1. The lowest BCUT2D eigenvalue weighted by Crippen LogP contribution is -2.38. The Bertz CT molecular complexity index is 440. The Morgan fingerprint density at radius 2 is 2.17 bits per heavy atom. The highest BCUT2D eigenvalue weighted by molar-refractivity contribution is 9.10. The van der Waals surface area contributed by atoms with Crippen LogP contribution in [0.5, 0.6) is 0 Å². The van der Waals surface area contributed by atoms with Gasteiger partial charge in [-0.25, -0.2) is 4.39 Å². The maximum atomic E-state index is 13.7. The predicted octanol–water partition coefficient (Wildman–Crippen LogP) is 3.83. The lowest BCUT2D eigenvalue weighted by atomic mass is 9.85. The summed E-state index contributed by atoms with van der Waals surface area (Å²) >= 11 is 6.75. The number of carbonyl (C=O) groups excluding carboxylic acids is 1. The monoisotopic (exact) mass is 377 g/mol. The molecule has 5 heteroatoms. The molecule has 0 saturated heterocycles. The number of carbonyl (C=O) groups is 1. The number of hydrogen-bond donors (Lipinski definition) is 0. The first-order valence-electron chi connectivity index (χ1n) is 5.82. The highest BCUT2D eigenvalue weighted by Crippen LogP contribution is 2.34. The molecule has 1 aliphatic carbocycles. The molecule has 1 aromatic rings. The fraction of sp³-hybridized carbons (Fsp3) is 0.462. The van der Waals surface area contributed by atoms with Crippen molar-refractivity contribution in [3.63, 3.8) is 0 Å². The number of alkyl halides is 1. The molecule has 0 spiro atoms. The summed E-state index contributed by atoms with van der Waals surface area (Å²) in [6.07, 6.45) is 2.16. The Hall–Kier alpha value is -0.420. The topological polar surface area (TPSA) is 20.3 Å². The van der Waals surface area contributed by atoms with Gasteiger partial charge in [-0.1, -0.05) is 22.0 Å². The third-order valence-corrected chi connectivity index (χ3v) is 4.64. The lowest BCUT2D eigenvalue weighted by molar-refractivity contribution is 0.0743. The standard InChI is InChI=1S/C13H14Br2FNO/c1-17(7-8-5-9(14)6-8)13(18)12-10(15)3-2-4-11(12)16/h2-4,8-9H,5-7H2,1H3. The average molecular weight is 379 g/mol. The van der Waals surface area contributed by atoms with Crippen molar-refractivity contribution in [2.45, 2.75) is 17.7 Å². The van der Waals surface area contributed by atoms with E-state index in [1.807, 2.05) is 0 Å². The summed E-state index contributed by atoms with van der Waals surface area (Å²) in [5, 5.41) is 0. The average Bonchev–Trinajstić information content (AvgIpc) is 2.26. The van der Waals surface area contributed by atoms with E-state index < -0.39 is 5.82 Å². The van der Waals surface area contributed by atoms with Gasteiger partial charge in [0.15, 0.2) is 0 Å². The van der Waals surface area contributed by atoms with Crippen molar-refractivity contribution in [2.24, 2.45) is 5.92 Å². The van der Waals surface area contributed by atoms with Gasteiger partial charge in [0.1, 0.15) is 5.82 Å². The number of hydrogen-bond acceptors (Lipinski definition) is 1. The molecule has 1 fully saturated rings. The Morgan fingerprint density at radius 3 is 2.72 bits per heavy atom. The summed E-state index contributed by atoms with van der Waals surface area (Å²) in [5.74, 6) is -0.222. The molecule has 2 rings (SSSR count). The van der Waals surface area contributed by atoms with Gasteiger partial charge in [0.25, 0.3) is 5.91 Å². The van der Waals surface area contributed by atoms with E-state index in [2.05, 4.69) is 31.9 Å². The quantitative estimate of drug-likeness (QED) is 0.732. The summed E-state index contributed by atoms with van der Waals surface area (Å²) in [5.41, 5.74) is 0.120. The Kier molecular flexibility index (Phi) is 4.43. The number of nitrogens with zero attached hydrogens (tertiary/aromatic N) is 1. The van der Waals surface area contributed by atoms with Crippen molar-refractivity contribution < 1.29 is 9.18 Å². The van der Waals surface area contributed by atoms with Crippen LogP contribution in [0.2, 0.25) is 0 Å². The van der Waals surface area contributed by atoms with Gasteiger partial charge in [0.2, 0.25) is 0 Å². The molecule has 98 valence electrons. The molecule has 18 heavy (non-hydrogen) atoms. The molecule has 0 bridgehead atoms. The lowest BCUT2D eigenvalue weighted by Gasteiger charge is -2.34. The van der Waals surface area contributed by atoms with Crippen LogP contribution in [-0.2, 0) is 0 Å². The van der Waals surface area contributed by atoms with Gasteiger partial charge < -0.3 is 4.90 Å². The summed E-state index contributed by atoms with van der Waals surface area (Å²) < 4.78 is 14.2. The summed E-state index contributed by atoms with van der Waals surface area (Å²) in [4.78, 5) is 14.4. The third kappa shape index (κ3) is 2.94. The molecule has 1 amide bonds. The highest BCUT2D eigenvalue weighted by atomic mass is 79.9. The van der Waals surface area contributed by atoms with E-state index >= 15 is 0 Å². The van der Waals surface area contributed by atoms with Crippen molar-refractivity contribution >= 4 is 37.8 Å². The van der Waals surface area contributed by atoms with E-state index in [1.54, 1.807) is 24.1 Å². The van der Waals surface area contributed by atoms with Gasteiger partial charge in [-0.3, -0.25) is 4.79 Å². The van der Waals surface area contributed by atoms with Crippen LogP contribution in [0.4, 0.5) is 4.39 Å². The van der Waals surface area contributed by atoms with Crippen LogP contribution in [0.1, 0.15) is 23.2 Å². The van der Waals surface area contributed by atoms with Gasteiger partial charge in [-0.05, 0) is 46.8 Å². The Morgan fingerprint density at radius 1 is 1.50 bits per heavy atom. The van der Waals surface area contributed by atoms with Gasteiger partial charge in [-0.2, -0.15) is 0 Å². The molecular formula is C13H14Br2FNO.